The fourth-order valence-electron chi connectivity index (χ4n) is 0.665. The maximum Gasteiger partial charge on any atom is 0.453 e. The van der Waals surface area contributed by atoms with Gasteiger partial charge in [0.1, 0.15) is 0 Å². The summed E-state index contributed by atoms with van der Waals surface area (Å²) < 4.78 is 78.8. The molecule has 9 heteroatoms. The van der Waals surface area contributed by atoms with E-state index in [4.69, 9.17) is 0 Å². The molecule has 0 aromatic heterocycles. The molecular weight excluding hydrogens is 210 g/mol. The second-order valence-corrected chi connectivity index (χ2v) is 2.11. The van der Waals surface area contributed by atoms with Gasteiger partial charge in [-0.05, 0) is 4.53 Å². The summed E-state index contributed by atoms with van der Waals surface area (Å²) in [5.41, 5.74) is 0. The topological polar surface area (TPSA) is 27.7 Å². The smallest absolute Gasteiger partial charge is 0.305 e. The molecule has 1 rings (SSSR count). The molecule has 1 aliphatic rings. The number of rotatable bonds is 2. The van der Waals surface area contributed by atoms with Crippen LogP contribution >= 0.6 is 0 Å². The second-order valence-electron chi connectivity index (χ2n) is 2.11. The average molecular weight is 212 g/mol. The summed E-state index contributed by atoms with van der Waals surface area (Å²) >= 11 is 0. The summed E-state index contributed by atoms with van der Waals surface area (Å²) in [5, 5.41) is 0. The van der Waals surface area contributed by atoms with Gasteiger partial charge in [-0.2, -0.15) is 22.0 Å². The van der Waals surface area contributed by atoms with Gasteiger partial charge in [0.25, 0.3) is 0 Å². The van der Waals surface area contributed by atoms with Crippen molar-refractivity contribution in [3.8, 4) is 0 Å². The van der Waals surface area contributed by atoms with Gasteiger partial charge >= 0.3 is 18.1 Å². The van der Waals surface area contributed by atoms with Crippen LogP contribution in [0.2, 0.25) is 0 Å². The minimum Gasteiger partial charge on any atom is -0.305 e. The largest absolute Gasteiger partial charge is 0.453 e. The molecule has 0 bridgehead atoms. The summed E-state index contributed by atoms with van der Waals surface area (Å²) in [6.07, 6.45) is -10.4. The highest BCUT2D eigenvalue weighted by Crippen LogP contribution is 2.49. The average Bonchev–Trinajstić information content (AvgIpc) is 2.28. The van der Waals surface area contributed by atoms with E-state index in [1.807, 2.05) is 0 Å². The summed E-state index contributed by atoms with van der Waals surface area (Å²) in [6.45, 7) is -1.43. The van der Waals surface area contributed by atoms with E-state index in [0.717, 1.165) is 0 Å². The lowest BCUT2D eigenvalue weighted by molar-refractivity contribution is -0.474. The van der Waals surface area contributed by atoms with Gasteiger partial charge in [-0.1, -0.05) is 0 Å². The lowest BCUT2D eigenvalue weighted by Gasteiger charge is -2.26. The van der Waals surface area contributed by atoms with Gasteiger partial charge in [0.05, 0.1) is 0 Å². The lowest BCUT2D eigenvalue weighted by atomic mass is 10.2. The van der Waals surface area contributed by atoms with Gasteiger partial charge in [-0.25, -0.2) is 0 Å². The van der Waals surface area contributed by atoms with Crippen molar-refractivity contribution in [3.63, 3.8) is 0 Å². The highest BCUT2D eigenvalue weighted by molar-refractivity contribution is 4.89. The van der Waals surface area contributed by atoms with Crippen LogP contribution in [0.25, 0.3) is 0 Å². The molecule has 0 radical (unpaired) electrons. The van der Waals surface area contributed by atoms with E-state index < -0.39 is 24.9 Å². The highest BCUT2D eigenvalue weighted by atomic mass is 19.4. The van der Waals surface area contributed by atoms with Crippen molar-refractivity contribution in [1.29, 1.82) is 0 Å². The van der Waals surface area contributed by atoms with Crippen molar-refractivity contribution < 1.29 is 40.9 Å². The maximum atomic E-state index is 12.7. The van der Waals surface area contributed by atoms with Crippen LogP contribution in [0.5, 0.6) is 0 Å². The first-order chi connectivity index (χ1) is 5.77. The van der Waals surface area contributed by atoms with E-state index in [1.54, 1.807) is 4.94 Å². The van der Waals surface area contributed by atoms with E-state index in [2.05, 4.69) is 9.47 Å². The third kappa shape index (κ3) is 1.27. The Kier molecular flexibility index (Phi) is 2.21. The molecule has 0 aromatic rings. The van der Waals surface area contributed by atoms with Crippen LogP contribution < -0.4 is 0 Å². The Balaban J connectivity index is 2.99. The fraction of sp³-hybridized carbons (Fsp3) is 1.00. The molecule has 1 atom stereocenters. The minimum atomic E-state index is -5.44. The molecule has 0 spiro atoms. The minimum absolute atomic E-state index is 1.43. The predicted octanol–water partition coefficient (Wildman–Crippen LogP) is 1.74. The summed E-state index contributed by atoms with van der Waals surface area (Å²) in [4.78, 5) is 1.77. The molecular formula is C4H2F6O3. The number of halogens is 6. The number of ether oxygens (including phenoxy) is 2. The standard InChI is InChI=1S/C4H2F6O3/c5-2(4(8,9)13-10)3(6,7)12-1-11-2/h1H2. The fourth-order valence-corrected chi connectivity index (χ4v) is 0.665. The van der Waals surface area contributed by atoms with Crippen molar-refractivity contribution in [1.82, 2.24) is 0 Å². The molecule has 3 nitrogen and oxygen atoms in total. The van der Waals surface area contributed by atoms with Crippen molar-refractivity contribution >= 4 is 0 Å². The van der Waals surface area contributed by atoms with E-state index >= 15 is 0 Å². The Morgan fingerprint density at radius 3 is 2.00 bits per heavy atom. The van der Waals surface area contributed by atoms with Crippen molar-refractivity contribution in [2.24, 2.45) is 0 Å². The van der Waals surface area contributed by atoms with E-state index in [0.29, 0.717) is 0 Å². The molecule has 1 heterocycles. The van der Waals surface area contributed by atoms with Crippen LogP contribution in [0.1, 0.15) is 0 Å². The summed E-state index contributed by atoms with van der Waals surface area (Å²) in [5.74, 6) is -4.95. The molecule has 0 amide bonds. The summed E-state index contributed by atoms with van der Waals surface area (Å²) in [7, 11) is 0. The van der Waals surface area contributed by atoms with E-state index in [9.17, 15) is 26.5 Å². The van der Waals surface area contributed by atoms with Crippen molar-refractivity contribution in [3.05, 3.63) is 0 Å². The highest BCUT2D eigenvalue weighted by Gasteiger charge is 2.78. The van der Waals surface area contributed by atoms with Crippen LogP contribution in [0.15, 0.2) is 0 Å². The molecule has 78 valence electrons. The molecule has 1 saturated heterocycles. The van der Waals surface area contributed by atoms with Crippen molar-refractivity contribution in [2.75, 3.05) is 6.79 Å². The quantitative estimate of drug-likeness (QED) is 0.652. The molecule has 0 aliphatic carbocycles. The third-order valence-electron chi connectivity index (χ3n) is 1.34. The lowest BCUT2D eigenvalue weighted by Crippen LogP contribution is -2.55. The molecule has 0 aromatic carbocycles. The first-order valence-electron chi connectivity index (χ1n) is 2.79. The third-order valence-corrected chi connectivity index (χ3v) is 1.34. The Labute approximate surface area is 67.1 Å². The second kappa shape index (κ2) is 2.72. The Morgan fingerprint density at radius 1 is 1.15 bits per heavy atom. The molecule has 1 fully saturated rings. The van der Waals surface area contributed by atoms with Crippen LogP contribution in [0, 0.1) is 0 Å². The molecule has 1 unspecified atom stereocenters. The number of hydrogen-bond donors (Lipinski definition) is 0. The number of alkyl halides is 5. The first-order valence-corrected chi connectivity index (χ1v) is 2.79. The Bertz CT molecular complexity index is 208. The predicted molar refractivity (Wildman–Crippen MR) is 23.0 cm³/mol. The SMILES string of the molecule is FOC(F)(F)C1(F)OCOC1(F)F. The van der Waals surface area contributed by atoms with Crippen LogP contribution in [0.3, 0.4) is 0 Å². The van der Waals surface area contributed by atoms with Gasteiger partial charge in [0, 0.05) is 0 Å². The molecule has 0 saturated carbocycles. The summed E-state index contributed by atoms with van der Waals surface area (Å²) in [6, 6.07) is 0. The van der Waals surface area contributed by atoms with Gasteiger partial charge in [0.15, 0.2) is 6.79 Å². The van der Waals surface area contributed by atoms with Crippen LogP contribution in [-0.4, -0.2) is 24.9 Å². The van der Waals surface area contributed by atoms with Gasteiger partial charge in [-0.3, -0.25) is 4.74 Å². The van der Waals surface area contributed by atoms with Gasteiger partial charge in [-0.15, -0.1) is 4.94 Å². The van der Waals surface area contributed by atoms with Gasteiger partial charge < -0.3 is 4.74 Å². The molecule has 0 N–H and O–H groups in total. The Morgan fingerprint density at radius 2 is 1.69 bits per heavy atom. The molecule has 13 heavy (non-hydrogen) atoms. The zero-order valence-electron chi connectivity index (χ0n) is 5.70. The zero-order chi connectivity index (χ0) is 10.3. The number of hydrogen-bond acceptors (Lipinski definition) is 3. The first kappa shape index (κ1) is 10.5. The van der Waals surface area contributed by atoms with Crippen LogP contribution in [-0.2, 0) is 14.4 Å². The van der Waals surface area contributed by atoms with Crippen molar-refractivity contribution in [2.45, 2.75) is 18.1 Å². The zero-order valence-corrected chi connectivity index (χ0v) is 5.70. The van der Waals surface area contributed by atoms with Crippen LogP contribution in [0.4, 0.5) is 26.5 Å². The molecule has 1 aliphatic heterocycles. The Hall–Kier alpha value is -0.540. The normalized spacial score (nSPS) is 33.7. The maximum absolute atomic E-state index is 12.7. The van der Waals surface area contributed by atoms with E-state index in [-0.39, 0.29) is 0 Å². The monoisotopic (exact) mass is 212 g/mol. The van der Waals surface area contributed by atoms with E-state index in [1.165, 1.54) is 0 Å². The van der Waals surface area contributed by atoms with Gasteiger partial charge in [0.2, 0.25) is 0 Å².